The second-order valence-corrected chi connectivity index (χ2v) is 35.4. The molecule has 718 valence electrons. The summed E-state index contributed by atoms with van der Waals surface area (Å²) in [5.41, 5.74) is 29.7. The number of hydrogen-bond acceptors (Lipinski definition) is 3. The summed E-state index contributed by atoms with van der Waals surface area (Å²) in [5, 5.41) is 29.3. The van der Waals surface area contributed by atoms with Crippen LogP contribution in [0.4, 0.5) is 0 Å². The van der Waals surface area contributed by atoms with Gasteiger partial charge >= 0.3 is 0 Å². The van der Waals surface area contributed by atoms with Gasteiger partial charge in [-0.3, -0.25) is 0 Å². The lowest BCUT2D eigenvalue weighted by Crippen LogP contribution is -1.90. The summed E-state index contributed by atoms with van der Waals surface area (Å²) in [6.07, 6.45) is 0. The zero-order valence-electron chi connectivity index (χ0n) is 116. The number of furan rings is 3. The fraction of sp³-hybridized carbons (Fsp3) is 0.0571. The molecular weight excluding hydrogens is 1730 g/mol. The Morgan fingerprint density at radius 1 is 0.140 bits per heavy atom. The molecule has 0 aliphatic carbocycles. The molecule has 0 bridgehead atoms. The van der Waals surface area contributed by atoms with Gasteiger partial charge in [-0.25, -0.2) is 0 Å². The van der Waals surface area contributed by atoms with Crippen molar-refractivity contribution in [2.75, 3.05) is 0 Å². The van der Waals surface area contributed by atoms with Crippen LogP contribution in [0.2, 0.25) is 0 Å². The van der Waals surface area contributed by atoms with Crippen LogP contribution in [0.3, 0.4) is 0 Å². The van der Waals surface area contributed by atoms with Gasteiger partial charge in [-0.1, -0.05) is 471 Å². The van der Waals surface area contributed by atoms with Gasteiger partial charge in [0.25, 0.3) is 0 Å². The highest BCUT2D eigenvalue weighted by atomic mass is 16.3. The summed E-state index contributed by atoms with van der Waals surface area (Å²) in [4.78, 5) is 0. The molecule has 28 rings (SSSR count). The van der Waals surface area contributed by atoms with E-state index < -0.39 is 0 Å². The van der Waals surface area contributed by atoms with Crippen LogP contribution in [-0.2, 0) is 0 Å². The van der Waals surface area contributed by atoms with Crippen molar-refractivity contribution in [2.24, 2.45) is 0 Å². The molecule has 3 nitrogen and oxygen atoms in total. The summed E-state index contributed by atoms with van der Waals surface area (Å²) >= 11 is 0. The lowest BCUT2D eigenvalue weighted by Gasteiger charge is -2.17. The first-order valence-corrected chi connectivity index (χ1v) is 47.4. The van der Waals surface area contributed by atoms with Gasteiger partial charge in [0.2, 0.25) is 0 Å². The van der Waals surface area contributed by atoms with E-state index in [1.165, 1.54) is 219 Å². The van der Waals surface area contributed by atoms with E-state index in [4.69, 9.17) is 63.1 Å². The second kappa shape index (κ2) is 40.0. The molecule has 0 aliphatic rings. The van der Waals surface area contributed by atoms with Crippen molar-refractivity contribution in [3.63, 3.8) is 0 Å². The Hall–Kier alpha value is -17.8. The van der Waals surface area contributed by atoms with Crippen molar-refractivity contribution >= 4 is 163 Å². The van der Waals surface area contributed by atoms with Gasteiger partial charge < -0.3 is 13.3 Å². The van der Waals surface area contributed by atoms with E-state index in [2.05, 4.69) is 497 Å². The van der Waals surface area contributed by atoms with Crippen molar-refractivity contribution in [1.29, 1.82) is 0 Å². The summed E-state index contributed by atoms with van der Waals surface area (Å²) in [7, 11) is 7.50. The normalized spacial score (nSPS) is 12.2. The molecule has 0 saturated heterocycles. The lowest BCUT2D eigenvalue weighted by molar-refractivity contribution is 0.669. The zero-order chi connectivity index (χ0) is 131. The quantitative estimate of drug-likeness (QED) is 0.101. The predicted molar refractivity (Wildman–Crippen MR) is 654 cm³/mol. The van der Waals surface area contributed by atoms with Crippen LogP contribution in [0.5, 0.6) is 0 Å². The molecule has 3 heteroatoms. The standard InChI is InChI=1S/C46H28O.C44H28O.C42H26O.C2H6.6CH4.14H2/c1-2-12-29(13-3-1)45-38-18-8-10-20-40(38)46(41-21-11-9-19-39(41)45)32-23-25-37-36-24-22-31(27-43(36)47-44(37)28-32)42-26-30-14-4-5-15-33(30)34-16-6-7-17-35(34)42;1-3-12-29(13-4-1)31-16-11-17-32(26-31)33-22-24-35-36-25-23-34(28-42(36)45-41(35)27-33)44-39-20-9-7-18-37(39)43(30-14-5-2-6-15-30)38-19-8-10-21-40(38)44;1-2-12-28(13-3-1)41-35-16-6-8-18-37(35)42(38-19-9-7-17-36(38)41)30-22-24-34-33-23-21-29(25-39(33)43-40(34)26-30)32-20-10-14-27-11-4-5-15-31(27)32;1-2;;;;;;;;;;;;;;;;;;;;/h1-28H;1-28H;1-26H;1-2H3;6*1H4;14*1H/i;;;;6*1D;14*1+1D. The summed E-state index contributed by atoms with van der Waals surface area (Å²) < 4.78 is 194. The minimum atomic E-state index is 0.901. The Kier molecular flexibility index (Phi) is 20.3. The van der Waals surface area contributed by atoms with Gasteiger partial charge in [-0.15, -0.1) is 0 Å². The van der Waals surface area contributed by atoms with E-state index >= 15 is 0 Å². The number of hydrogen-bond donors (Lipinski definition) is 0. The Balaban J connectivity index is 0.000000402. The molecule has 3 aromatic heterocycles. The highest BCUT2D eigenvalue weighted by Gasteiger charge is 2.25. The minimum Gasteiger partial charge on any atom is -0.456 e. The largest absolute Gasteiger partial charge is 0.456 e. The SMILES string of the molecule is CC.[2H]C.[2H]C.[2H]C.[2H]C.[2H]C.[2H]C.[2H][2H].[2H][2H].[2H][2H].[2H][2H].[2H][2H].[2H][2H].[2H][2H].[2H][2H].[2H][2H].[2H][2H].[2H][2H].[2H][2H].[2H][2H].[2H][2H].c1ccc(-c2c3ccccc3c(-c3ccc4c(c3)oc3cc(-c5cc6ccccc6c6ccccc56)ccc34)c3ccccc23)cc1.c1ccc(-c2c3ccccc3c(-c3ccc4c(c3)oc3cc(-c5cccc6ccccc56)ccc34)c3ccccc23)cc1.c1ccc(-c2cccc(-c3ccc4c(c3)oc3cc(-c5c6ccccc6c(-c6ccccc6)c6ccccc56)ccc34)c2)cc1. The average Bonchev–Trinajstić information content (AvgIpc) is 1.68. The molecule has 0 unspecified atom stereocenters. The maximum atomic E-state index is 6.69. The summed E-state index contributed by atoms with van der Waals surface area (Å²) in [6.45, 7) is 4.00. The second-order valence-electron chi connectivity index (χ2n) is 35.4. The smallest absolute Gasteiger partial charge is 0.136 e. The molecule has 0 aliphatic heterocycles. The zero-order valence-corrected chi connectivity index (χ0v) is 81.6. The van der Waals surface area contributed by atoms with Gasteiger partial charge in [0.15, 0.2) is 0 Å². The fourth-order valence-corrected chi connectivity index (χ4v) is 21.7. The minimum absolute atomic E-state index is 0.901. The molecule has 0 amide bonds. The first-order valence-electron chi connectivity index (χ1n) is 67.4. The third kappa shape index (κ3) is 16.5. The molecule has 0 N–H and O–H groups in total. The van der Waals surface area contributed by atoms with Crippen LogP contribution in [0.1, 0.15) is 108 Å². The van der Waals surface area contributed by atoms with Crippen molar-refractivity contribution in [3.05, 3.63) is 497 Å². The Morgan fingerprint density at radius 3 is 0.692 bits per heavy atom. The molecule has 25 aromatic carbocycles. The average molecular weight is 1900 g/mol. The van der Waals surface area contributed by atoms with E-state index in [9.17, 15) is 0 Å². The molecule has 0 fully saturated rings. The molecule has 0 radical (unpaired) electrons. The van der Waals surface area contributed by atoms with Crippen LogP contribution in [0.25, 0.3) is 274 Å². The summed E-state index contributed by atoms with van der Waals surface area (Å²) in [5.74, 6) is 0. The number of fused-ring (bicyclic) bond motifs is 19. The first-order chi connectivity index (χ1) is 88.0. The van der Waals surface area contributed by atoms with E-state index in [1.54, 1.807) is 0 Å². The maximum Gasteiger partial charge on any atom is 0.136 e. The van der Waals surface area contributed by atoms with Crippen molar-refractivity contribution in [2.45, 2.75) is 58.3 Å². The van der Waals surface area contributed by atoms with Crippen molar-refractivity contribution in [3.8, 4) is 111 Å². The summed E-state index contributed by atoms with van der Waals surface area (Å²) in [6, 6.07) is 179. The van der Waals surface area contributed by atoms with Gasteiger partial charge in [0.1, 0.15) is 33.5 Å². The number of benzene rings is 25. The Bertz CT molecular complexity index is 9560. The predicted octanol–water partition coefficient (Wildman–Crippen LogP) is 46.1. The van der Waals surface area contributed by atoms with Crippen LogP contribution < -0.4 is 0 Å². The lowest BCUT2D eigenvalue weighted by atomic mass is 9.86. The van der Waals surface area contributed by atoms with Gasteiger partial charge in [-0.2, -0.15) is 0 Å². The third-order valence-corrected chi connectivity index (χ3v) is 27.8. The molecular formula is C140H140O3. The highest BCUT2D eigenvalue weighted by molar-refractivity contribution is 6.26. The van der Waals surface area contributed by atoms with E-state index in [0.717, 1.165) is 99.2 Å². The first kappa shape index (κ1) is 72.5. The van der Waals surface area contributed by atoms with Gasteiger partial charge in [0.05, 0.1) is 0 Å². The monoisotopic (exact) mass is 1900 g/mol. The van der Waals surface area contributed by atoms with Crippen LogP contribution in [-0.4, -0.2) is 0 Å². The fourth-order valence-electron chi connectivity index (χ4n) is 21.7. The Morgan fingerprint density at radius 2 is 0.350 bits per heavy atom. The Labute approximate surface area is 888 Å². The van der Waals surface area contributed by atoms with E-state index in [1.807, 2.05) is 13.8 Å². The van der Waals surface area contributed by atoms with Crippen LogP contribution in [0.15, 0.2) is 511 Å². The van der Waals surface area contributed by atoms with E-state index in [0.29, 0.717) is 0 Å². The van der Waals surface area contributed by atoms with Crippen LogP contribution in [0, 0.1) is 0 Å². The molecule has 143 heavy (non-hydrogen) atoms. The molecule has 3 heterocycles. The maximum absolute atomic E-state index is 6.69. The molecule has 0 spiro atoms. The third-order valence-electron chi connectivity index (χ3n) is 27.8. The molecule has 0 saturated carbocycles. The molecule has 0 atom stereocenters. The van der Waals surface area contributed by atoms with Gasteiger partial charge in [0, 0.05) is 82.1 Å². The topological polar surface area (TPSA) is 39.4 Å². The van der Waals surface area contributed by atoms with Crippen LogP contribution >= 0.6 is 0 Å². The molecule has 28 aromatic rings. The van der Waals surface area contributed by atoms with Crippen molar-refractivity contribution < 1.29 is 63.1 Å². The number of rotatable bonds is 10. The van der Waals surface area contributed by atoms with E-state index in [-0.39, 0.29) is 0 Å². The highest BCUT2D eigenvalue weighted by Crippen LogP contribution is 2.51. The van der Waals surface area contributed by atoms with Gasteiger partial charge in [-0.05, 0) is 293 Å². The van der Waals surface area contributed by atoms with Crippen molar-refractivity contribution in [1.82, 2.24) is 0 Å².